The fourth-order valence-electron chi connectivity index (χ4n) is 3.12. The van der Waals surface area contributed by atoms with Crippen LogP contribution in [0, 0.1) is 0 Å². The quantitative estimate of drug-likeness (QED) is 0.830. The standard InChI is InChI=1S/C13H15NO3S2/c15-19(16,14-7-11-6-10(14)8-18-11)12-1-2-13-9(5-12)3-4-17-13/h1-2,5,10-11H,3-4,6-8H2. The van der Waals surface area contributed by atoms with Gasteiger partial charge in [-0.25, -0.2) is 8.42 Å². The Morgan fingerprint density at radius 3 is 3.00 bits per heavy atom. The number of sulfonamides is 1. The number of fused-ring (bicyclic) bond motifs is 3. The topological polar surface area (TPSA) is 46.6 Å². The molecule has 1 aromatic carbocycles. The molecule has 0 aliphatic carbocycles. The summed E-state index contributed by atoms with van der Waals surface area (Å²) in [6.45, 7) is 1.33. The van der Waals surface area contributed by atoms with Crippen LogP contribution in [0.15, 0.2) is 23.1 Å². The molecule has 4 rings (SSSR count). The van der Waals surface area contributed by atoms with Crippen LogP contribution in [0.5, 0.6) is 5.75 Å². The van der Waals surface area contributed by atoms with Crippen LogP contribution in [-0.4, -0.2) is 42.9 Å². The third-order valence-electron chi connectivity index (χ3n) is 4.12. The van der Waals surface area contributed by atoms with E-state index in [0.717, 1.165) is 29.9 Å². The molecular weight excluding hydrogens is 282 g/mol. The SMILES string of the molecule is O=S(=O)(c1ccc2c(c1)CCO2)N1CC2CC1CS2. The first-order valence-electron chi connectivity index (χ1n) is 6.54. The van der Waals surface area contributed by atoms with Gasteiger partial charge in [-0.15, -0.1) is 0 Å². The summed E-state index contributed by atoms with van der Waals surface area (Å²) in [4.78, 5) is 0.425. The van der Waals surface area contributed by atoms with E-state index in [1.54, 1.807) is 22.5 Å². The average molecular weight is 297 g/mol. The largest absolute Gasteiger partial charge is 0.493 e. The van der Waals surface area contributed by atoms with E-state index >= 15 is 0 Å². The summed E-state index contributed by atoms with van der Waals surface area (Å²) in [7, 11) is -3.33. The summed E-state index contributed by atoms with van der Waals surface area (Å²) >= 11 is 1.90. The molecule has 102 valence electrons. The molecule has 4 nitrogen and oxygen atoms in total. The van der Waals surface area contributed by atoms with Crippen molar-refractivity contribution in [1.29, 1.82) is 0 Å². The number of ether oxygens (including phenoxy) is 1. The molecule has 2 bridgehead atoms. The summed E-state index contributed by atoms with van der Waals surface area (Å²) in [6.07, 6.45) is 1.82. The van der Waals surface area contributed by atoms with Gasteiger partial charge in [-0.05, 0) is 30.2 Å². The molecule has 0 spiro atoms. The van der Waals surface area contributed by atoms with Crippen molar-refractivity contribution >= 4 is 21.8 Å². The molecular formula is C13H15NO3S2. The number of hydrogen-bond donors (Lipinski definition) is 0. The number of hydrogen-bond acceptors (Lipinski definition) is 4. The Balaban J connectivity index is 1.71. The van der Waals surface area contributed by atoms with Gasteiger partial charge in [-0.1, -0.05) is 0 Å². The van der Waals surface area contributed by atoms with Gasteiger partial charge < -0.3 is 4.74 Å². The summed E-state index contributed by atoms with van der Waals surface area (Å²) in [5, 5.41) is 0.498. The van der Waals surface area contributed by atoms with E-state index in [4.69, 9.17) is 4.74 Å². The predicted octanol–water partition coefficient (Wildman–Crippen LogP) is 1.50. The predicted molar refractivity (Wildman–Crippen MR) is 74.2 cm³/mol. The Hall–Kier alpha value is -0.720. The average Bonchev–Trinajstić information content (AvgIpc) is 3.13. The lowest BCUT2D eigenvalue weighted by atomic mass is 10.2. The van der Waals surface area contributed by atoms with E-state index in [2.05, 4.69) is 0 Å². The summed E-state index contributed by atoms with van der Waals surface area (Å²) in [6, 6.07) is 5.46. The molecule has 0 amide bonds. The first kappa shape index (κ1) is 12.1. The zero-order valence-corrected chi connectivity index (χ0v) is 12.0. The molecule has 0 saturated carbocycles. The monoisotopic (exact) mass is 297 g/mol. The maximum absolute atomic E-state index is 12.7. The Labute approximate surface area is 117 Å². The fourth-order valence-corrected chi connectivity index (χ4v) is 6.47. The number of thioether (sulfide) groups is 1. The number of rotatable bonds is 2. The van der Waals surface area contributed by atoms with Gasteiger partial charge in [0, 0.05) is 30.0 Å². The van der Waals surface area contributed by atoms with Crippen molar-refractivity contribution in [2.24, 2.45) is 0 Å². The van der Waals surface area contributed by atoms with Crippen LogP contribution >= 0.6 is 11.8 Å². The van der Waals surface area contributed by atoms with Crippen molar-refractivity contribution in [3.05, 3.63) is 23.8 Å². The molecule has 0 radical (unpaired) electrons. The second kappa shape index (κ2) is 4.14. The Morgan fingerprint density at radius 2 is 2.26 bits per heavy atom. The molecule has 1 aromatic rings. The molecule has 0 N–H and O–H groups in total. The van der Waals surface area contributed by atoms with E-state index in [1.165, 1.54) is 0 Å². The van der Waals surface area contributed by atoms with Gasteiger partial charge in [0.15, 0.2) is 0 Å². The molecule has 2 unspecified atom stereocenters. The highest BCUT2D eigenvalue weighted by molar-refractivity contribution is 8.00. The Kier molecular flexibility index (Phi) is 2.62. The molecule has 3 heterocycles. The van der Waals surface area contributed by atoms with Crippen LogP contribution in [0.1, 0.15) is 12.0 Å². The van der Waals surface area contributed by atoms with Crippen LogP contribution in [0.4, 0.5) is 0 Å². The maximum Gasteiger partial charge on any atom is 0.243 e. The van der Waals surface area contributed by atoms with Crippen molar-refractivity contribution in [3.8, 4) is 5.75 Å². The first-order chi connectivity index (χ1) is 9.14. The number of nitrogens with zero attached hydrogens (tertiary/aromatic N) is 1. The highest BCUT2D eigenvalue weighted by Crippen LogP contribution is 2.40. The molecule has 19 heavy (non-hydrogen) atoms. The van der Waals surface area contributed by atoms with Gasteiger partial charge in [0.2, 0.25) is 10.0 Å². The van der Waals surface area contributed by atoms with Crippen LogP contribution in [0.3, 0.4) is 0 Å². The fraction of sp³-hybridized carbons (Fsp3) is 0.538. The van der Waals surface area contributed by atoms with Crippen LogP contribution in [-0.2, 0) is 16.4 Å². The lowest BCUT2D eigenvalue weighted by Crippen LogP contribution is -2.39. The second-order valence-electron chi connectivity index (χ2n) is 5.29. The van der Waals surface area contributed by atoms with Gasteiger partial charge in [0.25, 0.3) is 0 Å². The van der Waals surface area contributed by atoms with Gasteiger partial charge in [-0.3, -0.25) is 0 Å². The van der Waals surface area contributed by atoms with E-state index in [0.29, 0.717) is 23.3 Å². The van der Waals surface area contributed by atoms with Crippen LogP contribution < -0.4 is 4.74 Å². The molecule has 3 aliphatic heterocycles. The van der Waals surface area contributed by atoms with Crippen molar-refractivity contribution in [2.75, 3.05) is 18.9 Å². The lowest BCUT2D eigenvalue weighted by molar-refractivity contribution is 0.356. The van der Waals surface area contributed by atoms with Gasteiger partial charge >= 0.3 is 0 Å². The lowest BCUT2D eigenvalue weighted by Gasteiger charge is -2.25. The second-order valence-corrected chi connectivity index (χ2v) is 8.51. The minimum Gasteiger partial charge on any atom is -0.493 e. The normalized spacial score (nSPS) is 29.5. The van der Waals surface area contributed by atoms with Crippen LogP contribution in [0.2, 0.25) is 0 Å². The zero-order chi connectivity index (χ0) is 13.0. The molecule has 2 fully saturated rings. The van der Waals surface area contributed by atoms with Crippen molar-refractivity contribution in [2.45, 2.75) is 29.0 Å². The Bertz CT molecular complexity index is 629. The molecule has 2 saturated heterocycles. The number of benzene rings is 1. The zero-order valence-electron chi connectivity index (χ0n) is 10.4. The molecule has 3 aliphatic rings. The summed E-state index contributed by atoms with van der Waals surface area (Å²) in [5.74, 6) is 1.77. The van der Waals surface area contributed by atoms with E-state index in [9.17, 15) is 8.42 Å². The van der Waals surface area contributed by atoms with E-state index in [1.807, 2.05) is 11.8 Å². The maximum atomic E-state index is 12.7. The Morgan fingerprint density at radius 1 is 1.37 bits per heavy atom. The molecule has 2 atom stereocenters. The highest BCUT2D eigenvalue weighted by atomic mass is 32.2. The van der Waals surface area contributed by atoms with Crippen LogP contribution in [0.25, 0.3) is 0 Å². The highest BCUT2D eigenvalue weighted by Gasteiger charge is 2.45. The smallest absolute Gasteiger partial charge is 0.243 e. The van der Waals surface area contributed by atoms with Gasteiger partial charge in [0.05, 0.1) is 11.5 Å². The molecule has 0 aromatic heterocycles. The third-order valence-corrected chi connectivity index (χ3v) is 7.42. The van der Waals surface area contributed by atoms with Crippen molar-refractivity contribution in [1.82, 2.24) is 4.31 Å². The van der Waals surface area contributed by atoms with Gasteiger partial charge in [0.1, 0.15) is 5.75 Å². The summed E-state index contributed by atoms with van der Waals surface area (Å²) in [5.41, 5.74) is 1.01. The van der Waals surface area contributed by atoms with Crippen molar-refractivity contribution < 1.29 is 13.2 Å². The molecule has 6 heteroatoms. The van der Waals surface area contributed by atoms with E-state index in [-0.39, 0.29) is 6.04 Å². The van der Waals surface area contributed by atoms with E-state index < -0.39 is 10.0 Å². The van der Waals surface area contributed by atoms with Crippen molar-refractivity contribution in [3.63, 3.8) is 0 Å². The third kappa shape index (κ3) is 1.80. The minimum absolute atomic E-state index is 0.199. The summed E-state index contributed by atoms with van der Waals surface area (Å²) < 4.78 is 32.5. The minimum atomic E-state index is -3.33. The first-order valence-corrected chi connectivity index (χ1v) is 9.03. The van der Waals surface area contributed by atoms with Gasteiger partial charge in [-0.2, -0.15) is 16.1 Å².